The van der Waals surface area contributed by atoms with Gasteiger partial charge in [-0.05, 0) is 41.8 Å². The van der Waals surface area contributed by atoms with Gasteiger partial charge in [-0.2, -0.15) is 0 Å². The summed E-state index contributed by atoms with van der Waals surface area (Å²) < 4.78 is 5.29. The molecule has 4 heteroatoms. The Hall–Kier alpha value is -2.49. The van der Waals surface area contributed by atoms with E-state index in [0.29, 0.717) is 16.9 Å². The summed E-state index contributed by atoms with van der Waals surface area (Å²) in [7, 11) is 5.45. The number of carbonyl (C=O) groups excluding carboxylic acids is 1. The molecule has 0 spiro atoms. The first-order chi connectivity index (χ1) is 10.8. The van der Waals surface area contributed by atoms with Crippen LogP contribution in [0.5, 0.6) is 11.5 Å². The summed E-state index contributed by atoms with van der Waals surface area (Å²) >= 11 is 0. The molecule has 0 saturated carbocycles. The van der Waals surface area contributed by atoms with Crippen LogP contribution < -0.4 is 9.64 Å². The Morgan fingerprint density at radius 3 is 2.22 bits per heavy atom. The van der Waals surface area contributed by atoms with Gasteiger partial charge in [0.05, 0.1) is 12.7 Å². The van der Waals surface area contributed by atoms with Crippen LogP contribution in [-0.4, -0.2) is 32.1 Å². The van der Waals surface area contributed by atoms with Gasteiger partial charge in [0.15, 0.2) is 5.78 Å². The highest BCUT2D eigenvalue weighted by Gasteiger charge is 2.19. The van der Waals surface area contributed by atoms with E-state index in [4.69, 9.17) is 4.74 Å². The summed E-state index contributed by atoms with van der Waals surface area (Å²) in [5, 5.41) is 10.2. The number of hydrogen-bond acceptors (Lipinski definition) is 4. The highest BCUT2D eigenvalue weighted by Crippen LogP contribution is 2.34. The summed E-state index contributed by atoms with van der Waals surface area (Å²) in [4.78, 5) is 14.7. The molecule has 0 bridgehead atoms. The number of anilines is 1. The minimum atomic E-state index is -0.197. The number of methoxy groups -OCH3 is 1. The second-order valence-corrected chi connectivity index (χ2v) is 6.04. The fourth-order valence-corrected chi connectivity index (χ4v) is 2.46. The van der Waals surface area contributed by atoms with Crippen molar-refractivity contribution in [3.63, 3.8) is 0 Å². The maximum Gasteiger partial charge on any atom is 0.196 e. The average Bonchev–Trinajstić information content (AvgIpc) is 2.53. The largest absolute Gasteiger partial charge is 0.507 e. The molecule has 2 aromatic rings. The Bertz CT molecular complexity index is 703. The molecular weight excluding hydrogens is 290 g/mol. The third-order valence-electron chi connectivity index (χ3n) is 3.86. The lowest BCUT2D eigenvalue weighted by atomic mass is 9.95. The van der Waals surface area contributed by atoms with Crippen LogP contribution in [0.2, 0.25) is 0 Å². The van der Waals surface area contributed by atoms with Gasteiger partial charge < -0.3 is 14.7 Å². The standard InChI is InChI=1S/C19H23NO3/c1-12(2)15-10-16(17(21)11-18(15)23-5)19(22)13-6-8-14(9-7-13)20(3)4/h6-12,21H,1-5H3. The van der Waals surface area contributed by atoms with Crippen LogP contribution in [0, 0.1) is 0 Å². The first-order valence-electron chi connectivity index (χ1n) is 7.58. The van der Waals surface area contributed by atoms with Gasteiger partial charge in [-0.1, -0.05) is 13.8 Å². The lowest BCUT2D eigenvalue weighted by Gasteiger charge is -2.15. The van der Waals surface area contributed by atoms with Crippen LogP contribution >= 0.6 is 0 Å². The van der Waals surface area contributed by atoms with Gasteiger partial charge in [0, 0.05) is 31.4 Å². The third-order valence-corrected chi connectivity index (χ3v) is 3.86. The lowest BCUT2D eigenvalue weighted by molar-refractivity contribution is 0.103. The molecule has 0 aliphatic heterocycles. The van der Waals surface area contributed by atoms with Crippen molar-refractivity contribution < 1.29 is 14.6 Å². The zero-order chi connectivity index (χ0) is 17.1. The summed E-state index contributed by atoms with van der Waals surface area (Å²) in [5.41, 5.74) is 2.76. The maximum atomic E-state index is 12.7. The van der Waals surface area contributed by atoms with Crippen LogP contribution in [0.15, 0.2) is 36.4 Å². The van der Waals surface area contributed by atoms with Crippen molar-refractivity contribution >= 4 is 11.5 Å². The van der Waals surface area contributed by atoms with E-state index in [2.05, 4.69) is 0 Å². The summed E-state index contributed by atoms with van der Waals surface area (Å²) in [6.45, 7) is 4.05. The number of ketones is 1. The van der Waals surface area contributed by atoms with E-state index in [9.17, 15) is 9.90 Å². The number of phenolic OH excluding ortho intramolecular Hbond substituents is 1. The third kappa shape index (κ3) is 3.47. The number of nitrogens with zero attached hydrogens (tertiary/aromatic N) is 1. The summed E-state index contributed by atoms with van der Waals surface area (Å²) in [6.07, 6.45) is 0. The zero-order valence-corrected chi connectivity index (χ0v) is 14.3. The molecule has 0 amide bonds. The Labute approximate surface area is 137 Å². The van der Waals surface area contributed by atoms with E-state index in [1.807, 2.05) is 45.0 Å². The van der Waals surface area contributed by atoms with Crippen LogP contribution in [0.1, 0.15) is 41.3 Å². The summed E-state index contributed by atoms with van der Waals surface area (Å²) in [5.74, 6) is 0.524. The van der Waals surface area contributed by atoms with Gasteiger partial charge >= 0.3 is 0 Å². The van der Waals surface area contributed by atoms with Crippen LogP contribution in [-0.2, 0) is 0 Å². The molecule has 0 unspecified atom stereocenters. The van der Waals surface area contributed by atoms with Gasteiger partial charge in [-0.15, -0.1) is 0 Å². The Balaban J connectivity index is 2.44. The number of carbonyl (C=O) groups is 1. The Morgan fingerprint density at radius 2 is 1.74 bits per heavy atom. The molecule has 122 valence electrons. The molecule has 4 nitrogen and oxygen atoms in total. The Morgan fingerprint density at radius 1 is 1.13 bits per heavy atom. The number of hydrogen-bond donors (Lipinski definition) is 1. The molecule has 1 N–H and O–H groups in total. The highest BCUT2D eigenvalue weighted by atomic mass is 16.5. The van der Waals surface area contributed by atoms with Gasteiger partial charge in [0.2, 0.25) is 0 Å². The van der Waals surface area contributed by atoms with Gasteiger partial charge in [-0.25, -0.2) is 0 Å². The first-order valence-corrected chi connectivity index (χ1v) is 7.58. The number of phenols is 1. The fourth-order valence-electron chi connectivity index (χ4n) is 2.46. The van der Waals surface area contributed by atoms with E-state index in [1.165, 1.54) is 6.07 Å². The van der Waals surface area contributed by atoms with Crippen molar-refractivity contribution in [2.24, 2.45) is 0 Å². The molecular formula is C19H23NO3. The maximum absolute atomic E-state index is 12.7. The van der Waals surface area contributed by atoms with E-state index < -0.39 is 0 Å². The van der Waals surface area contributed by atoms with Crippen molar-refractivity contribution in [2.45, 2.75) is 19.8 Å². The molecule has 2 rings (SSSR count). The first kappa shape index (κ1) is 16.9. The molecule has 0 heterocycles. The van der Waals surface area contributed by atoms with Gasteiger partial charge in [-0.3, -0.25) is 4.79 Å². The van der Waals surface area contributed by atoms with E-state index >= 15 is 0 Å². The van der Waals surface area contributed by atoms with Crippen LogP contribution in [0.25, 0.3) is 0 Å². The van der Waals surface area contributed by atoms with Crippen molar-refractivity contribution in [2.75, 3.05) is 26.1 Å². The quantitative estimate of drug-likeness (QED) is 0.853. The normalized spacial score (nSPS) is 10.7. The number of aromatic hydroxyl groups is 1. The molecule has 0 aromatic heterocycles. The molecule has 0 aliphatic carbocycles. The molecule has 0 saturated heterocycles. The van der Waals surface area contributed by atoms with Crippen molar-refractivity contribution in [3.05, 3.63) is 53.1 Å². The van der Waals surface area contributed by atoms with Gasteiger partial charge in [0.25, 0.3) is 0 Å². The summed E-state index contributed by atoms with van der Waals surface area (Å²) in [6, 6.07) is 10.6. The second kappa shape index (κ2) is 6.73. The SMILES string of the molecule is COc1cc(O)c(C(=O)c2ccc(N(C)C)cc2)cc1C(C)C. The fraction of sp³-hybridized carbons (Fsp3) is 0.316. The predicted molar refractivity (Wildman–Crippen MR) is 92.9 cm³/mol. The molecule has 0 fully saturated rings. The smallest absolute Gasteiger partial charge is 0.196 e. The Kier molecular flexibility index (Phi) is 4.94. The van der Waals surface area contributed by atoms with Crippen LogP contribution in [0.3, 0.4) is 0 Å². The second-order valence-electron chi connectivity index (χ2n) is 6.04. The molecule has 0 atom stereocenters. The van der Waals surface area contributed by atoms with E-state index in [1.54, 1.807) is 25.3 Å². The highest BCUT2D eigenvalue weighted by molar-refractivity contribution is 6.11. The number of rotatable bonds is 5. The number of ether oxygens (including phenoxy) is 1. The van der Waals surface area contributed by atoms with Crippen molar-refractivity contribution in [1.82, 2.24) is 0 Å². The molecule has 2 aromatic carbocycles. The van der Waals surface area contributed by atoms with Crippen molar-refractivity contribution in [1.29, 1.82) is 0 Å². The minimum absolute atomic E-state index is 0.0621. The topological polar surface area (TPSA) is 49.8 Å². The molecule has 0 aliphatic rings. The minimum Gasteiger partial charge on any atom is -0.507 e. The van der Waals surface area contributed by atoms with E-state index in [-0.39, 0.29) is 17.5 Å². The lowest BCUT2D eigenvalue weighted by Crippen LogP contribution is -2.09. The number of benzene rings is 2. The molecule has 0 radical (unpaired) electrons. The molecule has 23 heavy (non-hydrogen) atoms. The average molecular weight is 313 g/mol. The predicted octanol–water partition coefficient (Wildman–Crippen LogP) is 3.82. The van der Waals surface area contributed by atoms with E-state index in [0.717, 1.165) is 11.3 Å². The van der Waals surface area contributed by atoms with Gasteiger partial charge in [0.1, 0.15) is 11.5 Å². The van der Waals surface area contributed by atoms with Crippen LogP contribution in [0.4, 0.5) is 5.69 Å². The zero-order valence-electron chi connectivity index (χ0n) is 14.3. The van der Waals surface area contributed by atoms with Crippen molar-refractivity contribution in [3.8, 4) is 11.5 Å². The monoisotopic (exact) mass is 313 g/mol.